The average Bonchev–Trinajstić information content (AvgIpc) is 2.51. The summed E-state index contributed by atoms with van der Waals surface area (Å²) >= 11 is 0. The van der Waals surface area contributed by atoms with Gasteiger partial charge < -0.3 is 18.9 Å². The van der Waals surface area contributed by atoms with Crippen LogP contribution >= 0.6 is 0 Å². The predicted octanol–water partition coefficient (Wildman–Crippen LogP) is 2.65. The van der Waals surface area contributed by atoms with E-state index in [1.165, 1.54) is 0 Å². The Bertz CT molecular complexity index is 617. The minimum atomic E-state index is -0.773. The fourth-order valence-electron chi connectivity index (χ4n) is 1.61. The van der Waals surface area contributed by atoms with E-state index in [4.69, 9.17) is 18.9 Å². The fraction of sp³-hybridized carbons (Fsp3) is 0.600. The van der Waals surface area contributed by atoms with Gasteiger partial charge in [-0.15, -0.1) is 0 Å². The Morgan fingerprint density at radius 2 is 1.11 bits per heavy atom. The molecule has 0 spiro atoms. The molecule has 0 N–H and O–H groups in total. The van der Waals surface area contributed by atoms with E-state index < -0.39 is 41.2 Å². The number of carbonyl (C=O) groups is 4. The molecule has 0 aromatic carbocycles. The van der Waals surface area contributed by atoms with Crippen LogP contribution in [0.3, 0.4) is 0 Å². The van der Waals surface area contributed by atoms with Crippen LogP contribution in [0.4, 0.5) is 0 Å². The highest BCUT2D eigenvalue weighted by atomic mass is 16.6. The summed E-state index contributed by atoms with van der Waals surface area (Å²) in [5, 5.41) is 0. The second-order valence-corrected chi connectivity index (χ2v) is 7.83. The van der Waals surface area contributed by atoms with Gasteiger partial charge in [0.15, 0.2) is 0 Å². The first-order valence-corrected chi connectivity index (χ1v) is 8.91. The Kier molecular flexibility index (Phi) is 10.2. The number of hydrogen-bond acceptors (Lipinski definition) is 8. The second-order valence-electron chi connectivity index (χ2n) is 7.83. The Hall–Kier alpha value is -2.64. The largest absolute Gasteiger partial charge is 0.459 e. The van der Waals surface area contributed by atoms with Crippen LogP contribution in [0.25, 0.3) is 0 Å². The number of esters is 4. The van der Waals surface area contributed by atoms with E-state index in [0.717, 1.165) is 24.3 Å². The Balaban J connectivity index is 4.44. The Labute approximate surface area is 165 Å². The number of carbonyl (C=O) groups excluding carboxylic acids is 4. The molecule has 0 aromatic rings. The molecule has 158 valence electrons. The van der Waals surface area contributed by atoms with Gasteiger partial charge in [-0.05, 0) is 48.0 Å². The van der Waals surface area contributed by atoms with E-state index in [0.29, 0.717) is 6.42 Å². The van der Waals surface area contributed by atoms with Gasteiger partial charge in [0.2, 0.25) is 0 Å². The monoisotopic (exact) mass is 398 g/mol. The summed E-state index contributed by atoms with van der Waals surface area (Å²) in [6.07, 6.45) is 3.50. The molecule has 28 heavy (non-hydrogen) atoms. The minimum Gasteiger partial charge on any atom is -0.459 e. The van der Waals surface area contributed by atoms with E-state index in [1.807, 2.05) is 0 Å². The molecule has 0 amide bonds. The maximum Gasteiger partial charge on any atom is 0.331 e. The van der Waals surface area contributed by atoms with Crippen molar-refractivity contribution in [1.82, 2.24) is 0 Å². The molecule has 0 saturated carbocycles. The highest BCUT2D eigenvalue weighted by Gasteiger charge is 2.17. The lowest BCUT2D eigenvalue weighted by atomic mass is 10.2. The fourth-order valence-corrected chi connectivity index (χ4v) is 1.61. The zero-order valence-electron chi connectivity index (χ0n) is 17.6. The van der Waals surface area contributed by atoms with Gasteiger partial charge in [0.05, 0.1) is 0 Å². The molecule has 0 rings (SSSR count). The third kappa shape index (κ3) is 14.5. The molecule has 0 heterocycles. The third-order valence-electron chi connectivity index (χ3n) is 2.67. The van der Waals surface area contributed by atoms with Gasteiger partial charge >= 0.3 is 23.9 Å². The highest BCUT2D eigenvalue weighted by molar-refractivity contribution is 5.92. The molecule has 0 aliphatic carbocycles. The van der Waals surface area contributed by atoms with E-state index >= 15 is 0 Å². The minimum absolute atomic E-state index is 0.194. The van der Waals surface area contributed by atoms with Crippen molar-refractivity contribution in [1.29, 1.82) is 0 Å². The van der Waals surface area contributed by atoms with Gasteiger partial charge in [0, 0.05) is 24.3 Å². The van der Waals surface area contributed by atoms with Gasteiger partial charge in [-0.1, -0.05) is 6.92 Å². The first-order valence-electron chi connectivity index (χ1n) is 8.91. The third-order valence-corrected chi connectivity index (χ3v) is 2.67. The molecule has 1 atom stereocenters. The van der Waals surface area contributed by atoms with Gasteiger partial charge in [-0.2, -0.15) is 0 Å². The first kappa shape index (κ1) is 25.4. The van der Waals surface area contributed by atoms with Crippen LogP contribution < -0.4 is 0 Å². The predicted molar refractivity (Wildman–Crippen MR) is 101 cm³/mol. The maximum atomic E-state index is 11.7. The molecule has 8 nitrogen and oxygen atoms in total. The molecule has 0 aromatic heterocycles. The standard InChI is InChI=1S/C20H30O8/c1-8-14(26-16(22)10-12-18(24)28-20(5,6)7)13-25-15(21)9-11-17(23)27-19(2,3)4/h9-12,14H,8,13H2,1-7H3/b11-9+,12-10+. The summed E-state index contributed by atoms with van der Waals surface area (Å²) in [5.74, 6) is -2.88. The topological polar surface area (TPSA) is 105 Å². The van der Waals surface area contributed by atoms with Crippen molar-refractivity contribution in [3.63, 3.8) is 0 Å². The normalized spacial score (nSPS) is 13.2. The van der Waals surface area contributed by atoms with Crippen molar-refractivity contribution in [3.8, 4) is 0 Å². The van der Waals surface area contributed by atoms with Gasteiger partial charge in [0.25, 0.3) is 0 Å². The molecule has 0 aliphatic rings. The van der Waals surface area contributed by atoms with Crippen molar-refractivity contribution in [2.24, 2.45) is 0 Å². The van der Waals surface area contributed by atoms with E-state index in [9.17, 15) is 19.2 Å². The van der Waals surface area contributed by atoms with Crippen LogP contribution in [-0.4, -0.2) is 47.8 Å². The summed E-state index contributed by atoms with van der Waals surface area (Å²) < 4.78 is 20.1. The maximum absolute atomic E-state index is 11.7. The molecule has 1 unspecified atom stereocenters. The summed E-state index contributed by atoms with van der Waals surface area (Å²) in [7, 11) is 0. The summed E-state index contributed by atoms with van der Waals surface area (Å²) in [6, 6.07) is 0. The summed E-state index contributed by atoms with van der Waals surface area (Å²) in [5.41, 5.74) is -1.34. The smallest absolute Gasteiger partial charge is 0.331 e. The van der Waals surface area contributed by atoms with E-state index in [1.54, 1.807) is 48.5 Å². The second kappa shape index (κ2) is 11.3. The van der Waals surface area contributed by atoms with E-state index in [-0.39, 0.29) is 6.61 Å². The number of rotatable bonds is 8. The van der Waals surface area contributed by atoms with Crippen molar-refractivity contribution in [2.45, 2.75) is 72.2 Å². The molecule has 8 heteroatoms. The number of hydrogen-bond donors (Lipinski definition) is 0. The molecule has 0 saturated heterocycles. The van der Waals surface area contributed by atoms with Crippen LogP contribution in [0.2, 0.25) is 0 Å². The van der Waals surface area contributed by atoms with E-state index in [2.05, 4.69) is 0 Å². The lowest BCUT2D eigenvalue weighted by molar-refractivity contribution is -0.153. The van der Waals surface area contributed by atoms with Crippen molar-refractivity contribution < 1.29 is 38.1 Å². The van der Waals surface area contributed by atoms with Crippen LogP contribution in [-0.2, 0) is 38.1 Å². The molecular weight excluding hydrogens is 368 g/mol. The zero-order valence-corrected chi connectivity index (χ0v) is 17.6. The highest BCUT2D eigenvalue weighted by Crippen LogP contribution is 2.08. The van der Waals surface area contributed by atoms with Crippen LogP contribution in [0.5, 0.6) is 0 Å². The molecule has 0 fully saturated rings. The van der Waals surface area contributed by atoms with Crippen LogP contribution in [0, 0.1) is 0 Å². The molecule has 0 aliphatic heterocycles. The lowest BCUT2D eigenvalue weighted by Crippen LogP contribution is -2.25. The average molecular weight is 398 g/mol. The molecule has 0 radical (unpaired) electrons. The van der Waals surface area contributed by atoms with Crippen molar-refractivity contribution >= 4 is 23.9 Å². The molecule has 0 bridgehead atoms. The van der Waals surface area contributed by atoms with Crippen molar-refractivity contribution in [3.05, 3.63) is 24.3 Å². The zero-order chi connectivity index (χ0) is 22.0. The molecular formula is C20H30O8. The van der Waals surface area contributed by atoms with Crippen LogP contribution in [0.1, 0.15) is 54.9 Å². The summed E-state index contributed by atoms with van der Waals surface area (Å²) in [4.78, 5) is 46.4. The number of ether oxygens (including phenoxy) is 4. The SMILES string of the molecule is CCC(COC(=O)/C=C/C(=O)OC(C)(C)C)OC(=O)/C=C/C(=O)OC(C)(C)C. The quantitative estimate of drug-likeness (QED) is 0.349. The van der Waals surface area contributed by atoms with Gasteiger partial charge in [-0.3, -0.25) is 0 Å². The Morgan fingerprint density at radius 1 is 0.714 bits per heavy atom. The van der Waals surface area contributed by atoms with Gasteiger partial charge in [0.1, 0.15) is 23.9 Å². The Morgan fingerprint density at radius 3 is 1.50 bits per heavy atom. The lowest BCUT2D eigenvalue weighted by Gasteiger charge is -2.18. The first-order chi connectivity index (χ1) is 12.7. The summed E-state index contributed by atoms with van der Waals surface area (Å²) in [6.45, 7) is 11.8. The van der Waals surface area contributed by atoms with Gasteiger partial charge in [-0.25, -0.2) is 19.2 Å². The van der Waals surface area contributed by atoms with Crippen molar-refractivity contribution in [2.75, 3.05) is 6.61 Å². The van der Waals surface area contributed by atoms with Crippen LogP contribution in [0.15, 0.2) is 24.3 Å².